The number of aliphatic hydroxyl groups is 1. The van der Waals surface area contributed by atoms with Crippen molar-refractivity contribution >= 4 is 0 Å². The molecule has 6 bridgehead atoms. The van der Waals surface area contributed by atoms with Crippen molar-refractivity contribution in [3.8, 4) is 40.2 Å². The van der Waals surface area contributed by atoms with Gasteiger partial charge >= 0.3 is 0 Å². The van der Waals surface area contributed by atoms with Crippen LogP contribution >= 0.6 is 0 Å². The van der Waals surface area contributed by atoms with E-state index < -0.39 is 0 Å². The Morgan fingerprint density at radius 2 is 1.72 bits per heavy atom. The van der Waals surface area contributed by atoms with Gasteiger partial charge in [0.15, 0.2) is 34.5 Å². The van der Waals surface area contributed by atoms with Gasteiger partial charge in [0.1, 0.15) is 5.75 Å². The van der Waals surface area contributed by atoms with Gasteiger partial charge in [0.25, 0.3) is 0 Å². The van der Waals surface area contributed by atoms with Crippen molar-refractivity contribution in [1.82, 2.24) is 10.2 Å². The van der Waals surface area contributed by atoms with E-state index in [1.54, 1.807) is 13.2 Å². The molecular weight excluding hydrogens is 544 g/mol. The van der Waals surface area contributed by atoms with Gasteiger partial charge < -0.3 is 34.8 Å². The first-order valence-corrected chi connectivity index (χ1v) is 14.8. The molecule has 0 fully saturated rings. The molecule has 8 heteroatoms. The van der Waals surface area contributed by atoms with Gasteiger partial charge in [-0.1, -0.05) is 18.2 Å². The van der Waals surface area contributed by atoms with Gasteiger partial charge in [-0.25, -0.2) is 0 Å². The normalized spacial score (nSPS) is 19.4. The van der Waals surface area contributed by atoms with Crippen molar-refractivity contribution in [3.05, 3.63) is 99.6 Å². The number of fused-ring (bicyclic) bond motifs is 2. The summed E-state index contributed by atoms with van der Waals surface area (Å²) in [5, 5.41) is 35.9. The summed E-state index contributed by atoms with van der Waals surface area (Å²) < 4.78 is 18.7. The Hall–Kier alpha value is -4.24. The average molecular weight is 581 g/mol. The zero-order valence-corrected chi connectivity index (χ0v) is 24.4. The quantitative estimate of drug-likeness (QED) is 0.240. The molecule has 43 heavy (non-hydrogen) atoms. The fourth-order valence-electron chi connectivity index (χ4n) is 6.73. The molecule has 0 unspecified atom stereocenters. The minimum Gasteiger partial charge on any atom is -0.504 e. The maximum Gasteiger partial charge on any atom is 0.174 e. The second kappa shape index (κ2) is 11.1. The molecule has 2 atom stereocenters. The van der Waals surface area contributed by atoms with Crippen molar-refractivity contribution < 1.29 is 29.5 Å². The fourth-order valence-corrected chi connectivity index (χ4v) is 6.73. The van der Waals surface area contributed by atoms with Gasteiger partial charge in [-0.05, 0) is 110 Å². The molecule has 0 radical (unpaired) electrons. The lowest BCUT2D eigenvalue weighted by atomic mass is 9.86. The maximum atomic E-state index is 11.5. The highest BCUT2D eigenvalue weighted by atomic mass is 16.5. The third-order valence-corrected chi connectivity index (χ3v) is 9.07. The number of benzene rings is 4. The minimum atomic E-state index is -0.292. The Kier molecular flexibility index (Phi) is 7.13. The standard InChI is InChI=1S/C35H36N2O6/c1-37-12-10-23-16-24(19-38)34(40)35-33(23)28(37)14-20-3-6-25(7-4-20)42-30-15-21(5-8-29(30)39)13-27-26-18-32(43-35)31(41-2)17-22(26)9-11-36-27/h3-8,15-18,27-28,36,38-40H,9-14,19H2,1-2H3/t27-,28+/m0/s1. The number of ether oxygens (including phenoxy) is 3. The Morgan fingerprint density at radius 3 is 2.51 bits per heavy atom. The van der Waals surface area contributed by atoms with E-state index in [-0.39, 0.29) is 30.2 Å². The van der Waals surface area contributed by atoms with Gasteiger partial charge in [0.05, 0.1) is 13.7 Å². The van der Waals surface area contributed by atoms with E-state index in [0.29, 0.717) is 47.2 Å². The second-order valence-corrected chi connectivity index (χ2v) is 11.7. The molecule has 4 heterocycles. The molecule has 0 saturated carbocycles. The number of aliphatic hydroxyl groups excluding tert-OH is 1. The number of methoxy groups -OCH3 is 1. The Labute approximate surface area is 251 Å². The second-order valence-electron chi connectivity index (χ2n) is 11.7. The van der Waals surface area contributed by atoms with Crippen LogP contribution in [0.25, 0.3) is 0 Å². The summed E-state index contributed by atoms with van der Waals surface area (Å²) in [6, 6.07) is 19.3. The number of aromatic hydroxyl groups is 2. The molecule has 4 aliphatic heterocycles. The van der Waals surface area contributed by atoms with E-state index in [1.807, 2.05) is 54.6 Å². The molecule has 8 rings (SSSR count). The molecule has 4 aliphatic rings. The highest BCUT2D eigenvalue weighted by Gasteiger charge is 2.33. The summed E-state index contributed by atoms with van der Waals surface area (Å²) in [5.74, 6) is 2.56. The van der Waals surface area contributed by atoms with Crippen LogP contribution in [-0.4, -0.2) is 47.5 Å². The number of rotatable bonds is 2. The highest BCUT2D eigenvalue weighted by molar-refractivity contribution is 5.61. The summed E-state index contributed by atoms with van der Waals surface area (Å²) >= 11 is 0. The molecule has 0 amide bonds. The van der Waals surface area contributed by atoms with E-state index in [1.165, 1.54) is 5.56 Å². The molecular formula is C35H36N2O6. The zero-order valence-electron chi connectivity index (χ0n) is 24.4. The summed E-state index contributed by atoms with van der Waals surface area (Å²) in [6.45, 7) is 1.36. The van der Waals surface area contributed by atoms with Crippen molar-refractivity contribution in [2.24, 2.45) is 0 Å². The summed E-state index contributed by atoms with van der Waals surface area (Å²) in [5.41, 5.74) is 6.79. The van der Waals surface area contributed by atoms with Crippen molar-refractivity contribution in [2.45, 2.75) is 44.4 Å². The Bertz CT molecular complexity index is 1690. The predicted octanol–water partition coefficient (Wildman–Crippen LogP) is 5.70. The third kappa shape index (κ3) is 5.05. The topological polar surface area (TPSA) is 104 Å². The number of nitrogens with one attached hydrogen (secondary N) is 1. The Balaban J connectivity index is 1.44. The maximum absolute atomic E-state index is 11.5. The number of hydrogen-bond acceptors (Lipinski definition) is 8. The summed E-state index contributed by atoms with van der Waals surface area (Å²) in [6.07, 6.45) is 2.96. The van der Waals surface area contributed by atoms with Crippen molar-refractivity contribution in [1.29, 1.82) is 0 Å². The van der Waals surface area contributed by atoms with E-state index >= 15 is 0 Å². The van der Waals surface area contributed by atoms with Crippen molar-refractivity contribution in [3.63, 3.8) is 0 Å². The molecule has 0 aromatic heterocycles. The van der Waals surface area contributed by atoms with E-state index in [2.05, 4.69) is 17.3 Å². The zero-order chi connectivity index (χ0) is 29.7. The first kappa shape index (κ1) is 27.6. The number of nitrogens with zero attached hydrogens (tertiary/aromatic N) is 1. The van der Waals surface area contributed by atoms with Gasteiger partial charge in [-0.15, -0.1) is 0 Å². The monoisotopic (exact) mass is 580 g/mol. The van der Waals surface area contributed by atoms with Crippen molar-refractivity contribution in [2.75, 3.05) is 27.2 Å². The van der Waals surface area contributed by atoms with E-state index in [0.717, 1.165) is 53.7 Å². The van der Waals surface area contributed by atoms with Crippen LogP contribution in [0.3, 0.4) is 0 Å². The lowest BCUT2D eigenvalue weighted by molar-refractivity contribution is 0.221. The van der Waals surface area contributed by atoms with E-state index in [9.17, 15) is 15.3 Å². The summed E-state index contributed by atoms with van der Waals surface area (Å²) in [4.78, 5) is 2.28. The van der Waals surface area contributed by atoms with Crippen LogP contribution < -0.4 is 19.5 Å². The van der Waals surface area contributed by atoms with Crippen LogP contribution in [0.4, 0.5) is 0 Å². The molecule has 222 valence electrons. The first-order valence-electron chi connectivity index (χ1n) is 14.8. The van der Waals surface area contributed by atoms with Gasteiger partial charge in [-0.3, -0.25) is 4.90 Å². The van der Waals surface area contributed by atoms with Crippen LogP contribution in [-0.2, 0) is 32.3 Å². The molecule has 0 aliphatic carbocycles. The summed E-state index contributed by atoms with van der Waals surface area (Å²) in [7, 11) is 3.71. The van der Waals surface area contributed by atoms with Crippen LogP contribution in [0, 0.1) is 0 Å². The molecule has 0 spiro atoms. The SMILES string of the molecule is COc1cc2c3cc1Oc1c(O)c(CO)cc4c1[C@@H](Cc1ccc(cc1)Oc1cc(ccc1O)C[C@@H]3NCC2)N(C)CC4. The lowest BCUT2D eigenvalue weighted by Crippen LogP contribution is -2.34. The Morgan fingerprint density at radius 1 is 0.907 bits per heavy atom. The molecule has 4 aromatic carbocycles. The number of phenolic OH excluding ortho intramolecular Hbond substituents is 1. The number of hydrogen-bond donors (Lipinski definition) is 4. The van der Waals surface area contributed by atoms with E-state index in [4.69, 9.17) is 14.2 Å². The van der Waals surface area contributed by atoms with Crippen LogP contribution in [0.15, 0.2) is 60.7 Å². The first-order chi connectivity index (χ1) is 20.9. The van der Waals surface area contributed by atoms with Gasteiger partial charge in [0.2, 0.25) is 0 Å². The smallest absolute Gasteiger partial charge is 0.174 e. The molecule has 4 aromatic rings. The van der Waals surface area contributed by atoms with Gasteiger partial charge in [0, 0.05) is 29.8 Å². The minimum absolute atomic E-state index is 0.0160. The highest BCUT2D eigenvalue weighted by Crippen LogP contribution is 2.49. The van der Waals surface area contributed by atoms with Gasteiger partial charge in [-0.2, -0.15) is 0 Å². The molecule has 8 nitrogen and oxygen atoms in total. The fraction of sp³-hybridized carbons (Fsp3) is 0.314. The molecule has 4 N–H and O–H groups in total. The largest absolute Gasteiger partial charge is 0.504 e. The predicted molar refractivity (Wildman–Crippen MR) is 163 cm³/mol. The third-order valence-electron chi connectivity index (χ3n) is 9.07. The lowest BCUT2D eigenvalue weighted by Gasteiger charge is -2.37. The molecule has 0 saturated heterocycles. The van der Waals surface area contributed by atoms with Crippen LogP contribution in [0.1, 0.15) is 51.0 Å². The number of phenols is 2. The number of likely N-dealkylation sites (N-methyl/N-ethyl adjacent to an activating group) is 1. The average Bonchev–Trinajstić information content (AvgIpc) is 3.01. The van der Waals surface area contributed by atoms with Crippen LogP contribution in [0.2, 0.25) is 0 Å². The van der Waals surface area contributed by atoms with Crippen LogP contribution in [0.5, 0.6) is 40.2 Å².